The molecule has 0 spiro atoms. The average Bonchev–Trinajstić information content (AvgIpc) is 2.81. The van der Waals surface area contributed by atoms with Crippen LogP contribution < -0.4 is 0 Å². The van der Waals surface area contributed by atoms with Gasteiger partial charge in [-0.3, -0.25) is 9.69 Å². The lowest BCUT2D eigenvalue weighted by Crippen LogP contribution is -2.50. The number of carboxylic acid groups (broad SMARTS) is 1. The first-order valence-electron chi connectivity index (χ1n) is 6.43. The molecule has 1 unspecified atom stereocenters. The number of hydrogen-bond donors (Lipinski definition) is 1. The van der Waals surface area contributed by atoms with E-state index in [0.29, 0.717) is 13.1 Å². The number of hydrogen-bond acceptors (Lipinski definition) is 4. The van der Waals surface area contributed by atoms with Gasteiger partial charge in [0.2, 0.25) is 10.0 Å². The molecule has 2 aliphatic heterocycles. The second-order valence-electron chi connectivity index (χ2n) is 5.05. The Bertz CT molecular complexity index is 403. The summed E-state index contributed by atoms with van der Waals surface area (Å²) in [6, 6.07) is 0.268. The lowest BCUT2D eigenvalue weighted by Gasteiger charge is -2.36. The van der Waals surface area contributed by atoms with E-state index in [0.717, 1.165) is 25.9 Å². The molecule has 0 aromatic rings. The maximum atomic E-state index is 11.9. The molecule has 0 radical (unpaired) electrons. The number of nitrogens with zero attached hydrogens (tertiary/aromatic N) is 2. The Labute approximate surface area is 108 Å². The van der Waals surface area contributed by atoms with Crippen molar-refractivity contribution >= 4 is 16.0 Å². The predicted molar refractivity (Wildman–Crippen MR) is 66.8 cm³/mol. The summed E-state index contributed by atoms with van der Waals surface area (Å²) in [7, 11) is -3.64. The fourth-order valence-electron chi connectivity index (χ4n) is 2.83. The smallest absolute Gasteiger partial charge is 0.320 e. The zero-order valence-corrected chi connectivity index (χ0v) is 11.2. The first-order valence-corrected chi connectivity index (χ1v) is 8.03. The summed E-state index contributed by atoms with van der Waals surface area (Å²) in [6.07, 6.45) is 4.19. The third kappa shape index (κ3) is 3.21. The number of carboxylic acids is 1. The van der Waals surface area contributed by atoms with Gasteiger partial charge in [-0.15, -0.1) is 0 Å². The van der Waals surface area contributed by atoms with Crippen molar-refractivity contribution in [2.24, 2.45) is 0 Å². The van der Waals surface area contributed by atoms with Crippen molar-refractivity contribution in [3.05, 3.63) is 0 Å². The van der Waals surface area contributed by atoms with Crippen LogP contribution in [0.25, 0.3) is 0 Å². The standard InChI is InChI=1S/C11H20N2O4S/c14-11(15)9-18(16,17)13-7-3-4-10(8-13)12-5-1-2-6-12/h10H,1-9H2,(H,14,15). The zero-order chi connectivity index (χ0) is 13.2. The Kier molecular flexibility index (Phi) is 4.24. The van der Waals surface area contributed by atoms with Crippen molar-refractivity contribution in [1.82, 2.24) is 9.21 Å². The van der Waals surface area contributed by atoms with E-state index in [9.17, 15) is 13.2 Å². The van der Waals surface area contributed by atoms with Gasteiger partial charge in [0.05, 0.1) is 0 Å². The number of sulfonamides is 1. The molecule has 0 amide bonds. The van der Waals surface area contributed by atoms with E-state index in [1.165, 1.54) is 17.1 Å². The van der Waals surface area contributed by atoms with Crippen LogP contribution in [-0.2, 0) is 14.8 Å². The van der Waals surface area contributed by atoms with E-state index >= 15 is 0 Å². The summed E-state index contributed by atoms with van der Waals surface area (Å²) in [4.78, 5) is 12.9. The predicted octanol–water partition coefficient (Wildman–Crippen LogP) is -0.0390. The summed E-state index contributed by atoms with van der Waals surface area (Å²) >= 11 is 0. The van der Waals surface area contributed by atoms with Crippen LogP contribution in [-0.4, -0.2) is 66.7 Å². The molecule has 1 atom stereocenters. The van der Waals surface area contributed by atoms with Gasteiger partial charge < -0.3 is 5.11 Å². The van der Waals surface area contributed by atoms with Crippen LogP contribution in [0.1, 0.15) is 25.7 Å². The molecule has 1 N–H and O–H groups in total. The second-order valence-corrected chi connectivity index (χ2v) is 7.02. The molecular weight excluding hydrogens is 256 g/mol. The quantitative estimate of drug-likeness (QED) is 0.779. The molecule has 0 aromatic heterocycles. The number of piperidine rings is 1. The molecule has 104 valence electrons. The van der Waals surface area contributed by atoms with E-state index in [-0.39, 0.29) is 6.04 Å². The third-order valence-corrected chi connectivity index (χ3v) is 5.45. The topological polar surface area (TPSA) is 77.9 Å². The van der Waals surface area contributed by atoms with Gasteiger partial charge in [-0.1, -0.05) is 0 Å². The molecule has 6 nitrogen and oxygen atoms in total. The van der Waals surface area contributed by atoms with Crippen LogP contribution in [0.3, 0.4) is 0 Å². The second kappa shape index (κ2) is 5.54. The van der Waals surface area contributed by atoms with E-state index in [2.05, 4.69) is 4.90 Å². The van der Waals surface area contributed by atoms with Gasteiger partial charge in [-0.05, 0) is 38.8 Å². The molecule has 7 heteroatoms. The minimum atomic E-state index is -3.64. The van der Waals surface area contributed by atoms with Crippen molar-refractivity contribution in [3.8, 4) is 0 Å². The van der Waals surface area contributed by atoms with Crippen molar-refractivity contribution in [1.29, 1.82) is 0 Å². The third-order valence-electron chi connectivity index (χ3n) is 3.72. The summed E-state index contributed by atoms with van der Waals surface area (Å²) in [5.74, 6) is -2.07. The van der Waals surface area contributed by atoms with Gasteiger partial charge in [0.15, 0.2) is 5.75 Å². The van der Waals surface area contributed by atoms with E-state index in [1.807, 2.05) is 0 Å². The molecular formula is C11H20N2O4S. The van der Waals surface area contributed by atoms with Gasteiger partial charge in [-0.2, -0.15) is 4.31 Å². The highest BCUT2D eigenvalue weighted by molar-refractivity contribution is 7.89. The average molecular weight is 276 g/mol. The van der Waals surface area contributed by atoms with Gasteiger partial charge in [0.25, 0.3) is 0 Å². The van der Waals surface area contributed by atoms with Crippen molar-refractivity contribution in [2.75, 3.05) is 31.9 Å². The fourth-order valence-corrected chi connectivity index (χ4v) is 4.13. The Morgan fingerprint density at radius 3 is 2.44 bits per heavy atom. The van der Waals surface area contributed by atoms with E-state index in [4.69, 9.17) is 5.11 Å². The molecule has 2 rings (SSSR count). The molecule has 2 fully saturated rings. The van der Waals surface area contributed by atoms with Gasteiger partial charge >= 0.3 is 5.97 Å². The number of rotatable bonds is 4. The Morgan fingerprint density at radius 1 is 1.17 bits per heavy atom. The minimum Gasteiger partial charge on any atom is -0.480 e. The van der Waals surface area contributed by atoms with Crippen LogP contribution in [0.4, 0.5) is 0 Å². The van der Waals surface area contributed by atoms with Crippen LogP contribution in [0.2, 0.25) is 0 Å². The van der Waals surface area contributed by atoms with Gasteiger partial charge in [-0.25, -0.2) is 8.42 Å². The van der Waals surface area contributed by atoms with Crippen molar-refractivity contribution in [2.45, 2.75) is 31.7 Å². The molecule has 0 aliphatic carbocycles. The van der Waals surface area contributed by atoms with Crippen LogP contribution in [0.15, 0.2) is 0 Å². The van der Waals surface area contributed by atoms with Crippen LogP contribution in [0.5, 0.6) is 0 Å². The number of aliphatic carboxylic acids is 1. The Hall–Kier alpha value is -0.660. The lowest BCUT2D eigenvalue weighted by atomic mass is 10.1. The fraction of sp³-hybridized carbons (Fsp3) is 0.909. The normalized spacial score (nSPS) is 27.4. The van der Waals surface area contributed by atoms with E-state index in [1.54, 1.807) is 0 Å². The SMILES string of the molecule is O=C(O)CS(=O)(=O)N1CCCC(N2CCCC2)C1. The molecule has 2 aliphatic rings. The Balaban J connectivity index is 1.99. The highest BCUT2D eigenvalue weighted by Crippen LogP contribution is 2.22. The Morgan fingerprint density at radius 2 is 1.83 bits per heavy atom. The number of likely N-dealkylation sites (tertiary alicyclic amines) is 1. The first-order chi connectivity index (χ1) is 8.49. The maximum absolute atomic E-state index is 11.9. The van der Waals surface area contributed by atoms with Gasteiger partial charge in [0, 0.05) is 19.1 Å². The van der Waals surface area contributed by atoms with Gasteiger partial charge in [0.1, 0.15) is 0 Å². The molecule has 2 saturated heterocycles. The van der Waals surface area contributed by atoms with E-state index < -0.39 is 21.7 Å². The summed E-state index contributed by atoms with van der Waals surface area (Å²) < 4.78 is 25.1. The first kappa shape index (κ1) is 13.8. The summed E-state index contributed by atoms with van der Waals surface area (Å²) in [5, 5.41) is 8.64. The minimum absolute atomic E-state index is 0.268. The summed E-state index contributed by atoms with van der Waals surface area (Å²) in [5.41, 5.74) is 0. The molecule has 0 saturated carbocycles. The lowest BCUT2D eigenvalue weighted by molar-refractivity contribution is -0.134. The summed E-state index contributed by atoms with van der Waals surface area (Å²) in [6.45, 7) is 2.99. The van der Waals surface area contributed by atoms with Crippen molar-refractivity contribution < 1.29 is 18.3 Å². The largest absolute Gasteiger partial charge is 0.480 e. The molecule has 0 aromatic carbocycles. The molecule has 2 heterocycles. The van der Waals surface area contributed by atoms with Crippen molar-refractivity contribution in [3.63, 3.8) is 0 Å². The zero-order valence-electron chi connectivity index (χ0n) is 10.4. The molecule has 18 heavy (non-hydrogen) atoms. The maximum Gasteiger partial charge on any atom is 0.320 e. The monoisotopic (exact) mass is 276 g/mol. The van der Waals surface area contributed by atoms with Crippen LogP contribution >= 0.6 is 0 Å². The van der Waals surface area contributed by atoms with Crippen LogP contribution in [0, 0.1) is 0 Å². The number of carbonyl (C=O) groups is 1. The molecule has 0 bridgehead atoms. The highest BCUT2D eigenvalue weighted by atomic mass is 32.2. The highest BCUT2D eigenvalue weighted by Gasteiger charge is 2.33.